The fourth-order valence-electron chi connectivity index (χ4n) is 2.38. The summed E-state index contributed by atoms with van der Waals surface area (Å²) in [7, 11) is 1.34. The summed E-state index contributed by atoms with van der Waals surface area (Å²) < 4.78 is 19.5. The fraction of sp³-hybridized carbons (Fsp3) is 0.667. The summed E-state index contributed by atoms with van der Waals surface area (Å²) in [5, 5.41) is 2.78. The molecule has 0 aliphatic carbocycles. The first-order chi connectivity index (χ1) is 11.8. The molecule has 1 aromatic rings. The van der Waals surface area contributed by atoms with Crippen LogP contribution in [0.2, 0.25) is 0 Å². The Hall–Kier alpha value is -1.80. The molecule has 1 aliphatic rings. The van der Waals surface area contributed by atoms with E-state index in [0.717, 1.165) is 11.2 Å². The smallest absolute Gasteiger partial charge is 0.444 e. The van der Waals surface area contributed by atoms with E-state index in [1.165, 1.54) is 0 Å². The molecule has 7 nitrogen and oxygen atoms in total. The Morgan fingerprint density at radius 1 is 1.31 bits per heavy atom. The number of amides is 1. The highest BCUT2D eigenvalue weighted by atomic mass is 16.7. The highest BCUT2D eigenvalue weighted by Gasteiger charge is 2.52. The van der Waals surface area contributed by atoms with E-state index >= 15 is 0 Å². The predicted molar refractivity (Wildman–Crippen MR) is 102 cm³/mol. The number of nitrogens with zero attached hydrogens (tertiary/aromatic N) is 2. The zero-order chi connectivity index (χ0) is 19.8. The molecule has 0 saturated carbocycles. The number of aryl methyl sites for hydroxylation is 1. The zero-order valence-electron chi connectivity index (χ0n) is 17.0. The van der Waals surface area contributed by atoms with Gasteiger partial charge in [0.15, 0.2) is 0 Å². The Bertz CT molecular complexity index is 673. The standard InChI is InChI=1S/C18H30BN3O4/c1-16(2,3)24-15(23)21-10-13(9-14-11-20-12-22(14)8)19-25-17(4,5)18(6,7)26-19/h9,11-12H,10H2,1-8H3,(H,21,23). The summed E-state index contributed by atoms with van der Waals surface area (Å²) in [6.45, 7) is 13.7. The quantitative estimate of drug-likeness (QED) is 0.833. The van der Waals surface area contributed by atoms with Crippen molar-refractivity contribution in [2.24, 2.45) is 7.05 Å². The lowest BCUT2D eigenvalue weighted by Gasteiger charge is -2.32. The molecule has 0 aromatic carbocycles. The molecule has 0 atom stereocenters. The third kappa shape index (κ3) is 4.89. The van der Waals surface area contributed by atoms with Gasteiger partial charge in [-0.15, -0.1) is 0 Å². The highest BCUT2D eigenvalue weighted by Crippen LogP contribution is 2.38. The van der Waals surface area contributed by atoms with Crippen LogP contribution in [0.15, 0.2) is 18.0 Å². The fourth-order valence-corrected chi connectivity index (χ4v) is 2.38. The number of alkyl carbamates (subject to hydrolysis) is 1. The molecule has 1 fully saturated rings. The van der Waals surface area contributed by atoms with Gasteiger partial charge in [0.05, 0.1) is 29.4 Å². The summed E-state index contributed by atoms with van der Waals surface area (Å²) >= 11 is 0. The number of carbonyl (C=O) groups is 1. The van der Waals surface area contributed by atoms with Gasteiger partial charge in [0.2, 0.25) is 0 Å². The predicted octanol–water partition coefficient (Wildman–Crippen LogP) is 2.96. The minimum Gasteiger partial charge on any atom is -0.444 e. The van der Waals surface area contributed by atoms with Crippen LogP contribution in [0.1, 0.15) is 54.2 Å². The maximum atomic E-state index is 12.0. The second-order valence-electron chi connectivity index (χ2n) is 8.59. The van der Waals surface area contributed by atoms with Crippen molar-refractivity contribution in [3.05, 3.63) is 23.7 Å². The lowest BCUT2D eigenvalue weighted by molar-refractivity contribution is 0.00578. The van der Waals surface area contributed by atoms with Gasteiger partial charge in [-0.3, -0.25) is 0 Å². The number of nitrogens with one attached hydrogen (secondary N) is 1. The van der Waals surface area contributed by atoms with E-state index in [4.69, 9.17) is 14.0 Å². The number of hydrogen-bond donors (Lipinski definition) is 1. The Morgan fingerprint density at radius 3 is 2.35 bits per heavy atom. The van der Waals surface area contributed by atoms with Crippen LogP contribution in [0.5, 0.6) is 0 Å². The summed E-state index contributed by atoms with van der Waals surface area (Å²) in [5.74, 6) is 0. The van der Waals surface area contributed by atoms with Crippen LogP contribution >= 0.6 is 0 Å². The minimum atomic E-state index is -0.565. The molecule has 144 valence electrons. The molecule has 1 amide bonds. The number of rotatable bonds is 4. The van der Waals surface area contributed by atoms with Gasteiger partial charge in [-0.25, -0.2) is 9.78 Å². The first-order valence-electron chi connectivity index (χ1n) is 8.80. The lowest BCUT2D eigenvalue weighted by atomic mass is 9.77. The van der Waals surface area contributed by atoms with Gasteiger partial charge in [0.1, 0.15) is 5.60 Å². The Balaban J connectivity index is 2.20. The molecule has 0 bridgehead atoms. The van der Waals surface area contributed by atoms with Crippen molar-refractivity contribution >= 4 is 19.3 Å². The molecule has 2 heterocycles. The third-order valence-electron chi connectivity index (χ3n) is 4.58. The first kappa shape index (κ1) is 20.5. The van der Waals surface area contributed by atoms with E-state index in [-0.39, 0.29) is 6.54 Å². The molecular formula is C18H30BN3O4. The van der Waals surface area contributed by atoms with Crippen molar-refractivity contribution in [1.82, 2.24) is 14.9 Å². The Labute approximate surface area is 156 Å². The maximum absolute atomic E-state index is 12.0. The molecule has 1 N–H and O–H groups in total. The second-order valence-corrected chi connectivity index (χ2v) is 8.59. The van der Waals surface area contributed by atoms with Crippen molar-refractivity contribution in [2.75, 3.05) is 6.54 Å². The van der Waals surface area contributed by atoms with Crippen LogP contribution in [0.25, 0.3) is 6.08 Å². The van der Waals surface area contributed by atoms with Gasteiger partial charge >= 0.3 is 13.2 Å². The van der Waals surface area contributed by atoms with Gasteiger partial charge in [0, 0.05) is 13.6 Å². The lowest BCUT2D eigenvalue weighted by Crippen LogP contribution is -2.41. The van der Waals surface area contributed by atoms with Crippen LogP contribution in [-0.2, 0) is 21.1 Å². The highest BCUT2D eigenvalue weighted by molar-refractivity contribution is 6.56. The molecule has 2 rings (SSSR count). The summed E-state index contributed by atoms with van der Waals surface area (Å²) in [5.41, 5.74) is 0.198. The van der Waals surface area contributed by atoms with Crippen molar-refractivity contribution < 1.29 is 18.8 Å². The SMILES string of the molecule is Cn1cncc1C=C(CNC(=O)OC(C)(C)C)B1OC(C)(C)C(C)(C)O1. The molecule has 0 radical (unpaired) electrons. The largest absolute Gasteiger partial charge is 0.492 e. The van der Waals surface area contributed by atoms with Crippen LogP contribution < -0.4 is 5.32 Å². The molecule has 0 spiro atoms. The van der Waals surface area contributed by atoms with Gasteiger partial charge in [-0.1, -0.05) is 0 Å². The van der Waals surface area contributed by atoms with Crippen molar-refractivity contribution in [1.29, 1.82) is 0 Å². The van der Waals surface area contributed by atoms with E-state index in [1.54, 1.807) is 12.5 Å². The normalized spacial score (nSPS) is 19.5. The average molecular weight is 363 g/mol. The number of aromatic nitrogens is 2. The van der Waals surface area contributed by atoms with Gasteiger partial charge in [0.25, 0.3) is 0 Å². The first-order valence-corrected chi connectivity index (χ1v) is 8.80. The summed E-state index contributed by atoms with van der Waals surface area (Å²) in [6.07, 6.45) is 4.91. The van der Waals surface area contributed by atoms with Crippen molar-refractivity contribution in [3.63, 3.8) is 0 Å². The van der Waals surface area contributed by atoms with Gasteiger partial charge in [-0.2, -0.15) is 0 Å². The van der Waals surface area contributed by atoms with Crippen molar-refractivity contribution in [2.45, 2.75) is 65.3 Å². The van der Waals surface area contributed by atoms with E-state index in [0.29, 0.717) is 0 Å². The van der Waals surface area contributed by atoms with Gasteiger partial charge in [-0.05, 0) is 60.0 Å². The van der Waals surface area contributed by atoms with Crippen LogP contribution in [0.4, 0.5) is 4.79 Å². The Morgan fingerprint density at radius 2 is 1.88 bits per heavy atom. The number of imidazole rings is 1. The third-order valence-corrected chi connectivity index (χ3v) is 4.58. The molecule has 1 aromatic heterocycles. The number of hydrogen-bond acceptors (Lipinski definition) is 5. The van der Waals surface area contributed by atoms with Gasteiger partial charge < -0.3 is 23.9 Å². The molecular weight excluding hydrogens is 333 g/mol. The maximum Gasteiger partial charge on any atom is 0.492 e. The van der Waals surface area contributed by atoms with Crippen LogP contribution in [-0.4, -0.2) is 46.1 Å². The van der Waals surface area contributed by atoms with E-state index < -0.39 is 30.0 Å². The van der Waals surface area contributed by atoms with Crippen LogP contribution in [0, 0.1) is 0 Å². The van der Waals surface area contributed by atoms with E-state index in [9.17, 15) is 4.79 Å². The summed E-state index contributed by atoms with van der Waals surface area (Å²) in [6, 6.07) is 0. The van der Waals surface area contributed by atoms with E-state index in [2.05, 4.69) is 10.3 Å². The average Bonchev–Trinajstić information content (AvgIpc) is 2.93. The topological polar surface area (TPSA) is 74.6 Å². The van der Waals surface area contributed by atoms with Crippen molar-refractivity contribution in [3.8, 4) is 0 Å². The summed E-state index contributed by atoms with van der Waals surface area (Å²) in [4.78, 5) is 16.2. The number of carbonyl (C=O) groups excluding carboxylic acids is 1. The Kier molecular flexibility index (Phi) is 5.59. The van der Waals surface area contributed by atoms with Crippen LogP contribution in [0.3, 0.4) is 0 Å². The van der Waals surface area contributed by atoms with E-state index in [1.807, 2.05) is 66.2 Å². The molecule has 26 heavy (non-hydrogen) atoms. The monoisotopic (exact) mass is 363 g/mol. The molecule has 8 heteroatoms. The molecule has 1 aliphatic heterocycles. The second kappa shape index (κ2) is 7.08. The number of ether oxygens (including phenoxy) is 1. The molecule has 1 saturated heterocycles. The zero-order valence-corrected chi connectivity index (χ0v) is 17.0. The molecule has 0 unspecified atom stereocenters. The minimum absolute atomic E-state index is 0.247.